The van der Waals surface area contributed by atoms with Crippen molar-refractivity contribution in [1.29, 1.82) is 0 Å². The molecule has 1 aliphatic heterocycles. The van der Waals surface area contributed by atoms with Gasteiger partial charge in [-0.15, -0.1) is 24.8 Å². The van der Waals surface area contributed by atoms with Crippen LogP contribution in [0.5, 0.6) is 0 Å². The number of nitrogens with one attached hydrogen (secondary N) is 1. The maximum atomic E-state index is 12.6. The third-order valence-electron chi connectivity index (χ3n) is 5.16. The number of halogens is 2. The standard InChI is InChI=1S/C22H29N3O.2ClH/c1-3-24(4-2)22(26)20-12-10-19(11-13-20)21(18-8-6-5-7-9-18)25-16-14-23-15-17-25;;/h5-13,21,23H,3-4,14-17H2,1-2H3;2*1H. The minimum Gasteiger partial charge on any atom is -0.339 e. The van der Waals surface area contributed by atoms with E-state index in [0.717, 1.165) is 44.8 Å². The number of piperazine rings is 1. The molecule has 0 bridgehead atoms. The molecular weight excluding hydrogens is 393 g/mol. The molecule has 1 unspecified atom stereocenters. The SMILES string of the molecule is CCN(CC)C(=O)c1ccc(C(c2ccccc2)N2CCNCC2)cc1.Cl.Cl. The Hall–Kier alpha value is -1.59. The Balaban J connectivity index is 0.00000196. The zero-order chi connectivity index (χ0) is 18.4. The molecule has 1 aliphatic rings. The summed E-state index contributed by atoms with van der Waals surface area (Å²) < 4.78 is 0. The first-order valence-corrected chi connectivity index (χ1v) is 9.63. The predicted octanol–water partition coefficient (Wildman–Crippen LogP) is 4.01. The Bertz CT molecular complexity index is 699. The van der Waals surface area contributed by atoms with Crippen LogP contribution in [0.25, 0.3) is 0 Å². The summed E-state index contributed by atoms with van der Waals surface area (Å²) >= 11 is 0. The van der Waals surface area contributed by atoms with Crippen LogP contribution in [0.15, 0.2) is 54.6 Å². The van der Waals surface area contributed by atoms with Gasteiger partial charge in [0.15, 0.2) is 0 Å². The Morgan fingerprint density at radius 3 is 2.00 bits per heavy atom. The highest BCUT2D eigenvalue weighted by atomic mass is 35.5. The molecule has 1 amide bonds. The van der Waals surface area contributed by atoms with Gasteiger partial charge in [0, 0.05) is 44.8 Å². The third-order valence-corrected chi connectivity index (χ3v) is 5.16. The molecule has 4 nitrogen and oxygen atoms in total. The van der Waals surface area contributed by atoms with E-state index in [1.165, 1.54) is 11.1 Å². The zero-order valence-electron chi connectivity index (χ0n) is 16.6. The van der Waals surface area contributed by atoms with Crippen molar-refractivity contribution in [1.82, 2.24) is 15.1 Å². The Morgan fingerprint density at radius 2 is 1.46 bits per heavy atom. The molecule has 28 heavy (non-hydrogen) atoms. The summed E-state index contributed by atoms with van der Waals surface area (Å²) in [5, 5.41) is 3.43. The molecule has 0 aliphatic carbocycles. The molecule has 154 valence electrons. The van der Waals surface area contributed by atoms with Gasteiger partial charge in [0.1, 0.15) is 0 Å². The zero-order valence-corrected chi connectivity index (χ0v) is 18.3. The van der Waals surface area contributed by atoms with Gasteiger partial charge in [-0.05, 0) is 37.1 Å². The third kappa shape index (κ3) is 5.71. The highest BCUT2D eigenvalue weighted by molar-refractivity contribution is 5.94. The van der Waals surface area contributed by atoms with E-state index < -0.39 is 0 Å². The number of rotatable bonds is 6. The fraction of sp³-hybridized carbons (Fsp3) is 0.409. The molecule has 0 saturated carbocycles. The molecule has 6 heteroatoms. The molecule has 2 aromatic rings. The lowest BCUT2D eigenvalue weighted by Gasteiger charge is -2.35. The van der Waals surface area contributed by atoms with Crippen LogP contribution in [-0.4, -0.2) is 55.0 Å². The average Bonchev–Trinajstić information content (AvgIpc) is 2.71. The smallest absolute Gasteiger partial charge is 0.253 e. The maximum absolute atomic E-state index is 12.6. The van der Waals surface area contributed by atoms with Crippen LogP contribution >= 0.6 is 24.8 Å². The number of hydrogen-bond acceptors (Lipinski definition) is 3. The van der Waals surface area contributed by atoms with Crippen molar-refractivity contribution >= 4 is 30.7 Å². The summed E-state index contributed by atoms with van der Waals surface area (Å²) in [6.45, 7) is 9.61. The van der Waals surface area contributed by atoms with Crippen molar-refractivity contribution in [3.63, 3.8) is 0 Å². The Kier molecular flexibility index (Phi) is 10.5. The van der Waals surface area contributed by atoms with Gasteiger partial charge in [0.25, 0.3) is 5.91 Å². The monoisotopic (exact) mass is 423 g/mol. The molecule has 0 radical (unpaired) electrons. The van der Waals surface area contributed by atoms with E-state index in [1.807, 2.05) is 30.9 Å². The van der Waals surface area contributed by atoms with Crippen LogP contribution in [0.4, 0.5) is 0 Å². The van der Waals surface area contributed by atoms with E-state index in [0.29, 0.717) is 0 Å². The van der Waals surface area contributed by atoms with Crippen molar-refractivity contribution in [3.05, 3.63) is 71.3 Å². The molecule has 3 rings (SSSR count). The quantitative estimate of drug-likeness (QED) is 0.761. The van der Waals surface area contributed by atoms with Crippen LogP contribution in [0.3, 0.4) is 0 Å². The van der Waals surface area contributed by atoms with Crippen LogP contribution in [0.1, 0.15) is 41.4 Å². The van der Waals surface area contributed by atoms with Gasteiger partial charge >= 0.3 is 0 Å². The Morgan fingerprint density at radius 1 is 0.929 bits per heavy atom. The van der Waals surface area contributed by atoms with Gasteiger partial charge in [-0.1, -0.05) is 42.5 Å². The van der Waals surface area contributed by atoms with Gasteiger partial charge < -0.3 is 10.2 Å². The van der Waals surface area contributed by atoms with Crippen LogP contribution in [-0.2, 0) is 0 Å². The molecule has 1 N–H and O–H groups in total. The average molecular weight is 424 g/mol. The van der Waals surface area contributed by atoms with Crippen LogP contribution in [0, 0.1) is 0 Å². The molecule has 1 heterocycles. The second-order valence-electron chi connectivity index (χ2n) is 6.70. The van der Waals surface area contributed by atoms with Crippen molar-refractivity contribution in [3.8, 4) is 0 Å². The molecule has 1 saturated heterocycles. The molecular formula is C22H31Cl2N3O. The molecule has 1 atom stereocenters. The number of nitrogens with zero attached hydrogens (tertiary/aromatic N) is 2. The molecule has 0 aromatic heterocycles. The first-order valence-electron chi connectivity index (χ1n) is 9.63. The molecule has 2 aromatic carbocycles. The largest absolute Gasteiger partial charge is 0.339 e. The predicted molar refractivity (Wildman–Crippen MR) is 121 cm³/mol. The molecule has 0 spiro atoms. The minimum atomic E-state index is 0. The van der Waals surface area contributed by atoms with Crippen molar-refractivity contribution in [2.24, 2.45) is 0 Å². The maximum Gasteiger partial charge on any atom is 0.253 e. The second-order valence-corrected chi connectivity index (χ2v) is 6.70. The van der Waals surface area contributed by atoms with E-state index in [9.17, 15) is 4.79 Å². The highest BCUT2D eigenvalue weighted by Crippen LogP contribution is 2.29. The number of carbonyl (C=O) groups excluding carboxylic acids is 1. The van der Waals surface area contributed by atoms with Gasteiger partial charge in [0.2, 0.25) is 0 Å². The van der Waals surface area contributed by atoms with E-state index >= 15 is 0 Å². The first kappa shape index (κ1) is 24.4. The second kappa shape index (κ2) is 12.1. The summed E-state index contributed by atoms with van der Waals surface area (Å²) in [6, 6.07) is 19.1. The fourth-order valence-corrected chi connectivity index (χ4v) is 3.69. The van der Waals surface area contributed by atoms with Gasteiger partial charge in [-0.3, -0.25) is 9.69 Å². The summed E-state index contributed by atoms with van der Waals surface area (Å²) in [5.74, 6) is 0.111. The van der Waals surface area contributed by atoms with E-state index in [-0.39, 0.29) is 36.8 Å². The van der Waals surface area contributed by atoms with E-state index in [1.54, 1.807) is 0 Å². The summed E-state index contributed by atoms with van der Waals surface area (Å²) in [5.41, 5.74) is 3.32. The van der Waals surface area contributed by atoms with E-state index in [4.69, 9.17) is 0 Å². The summed E-state index contributed by atoms with van der Waals surface area (Å²) in [4.78, 5) is 16.9. The summed E-state index contributed by atoms with van der Waals surface area (Å²) in [7, 11) is 0. The fourth-order valence-electron chi connectivity index (χ4n) is 3.69. The van der Waals surface area contributed by atoms with Crippen molar-refractivity contribution in [2.75, 3.05) is 39.3 Å². The van der Waals surface area contributed by atoms with E-state index in [2.05, 4.69) is 52.7 Å². The van der Waals surface area contributed by atoms with Gasteiger partial charge in [-0.25, -0.2) is 0 Å². The van der Waals surface area contributed by atoms with Crippen molar-refractivity contribution < 1.29 is 4.79 Å². The lowest BCUT2D eigenvalue weighted by molar-refractivity contribution is 0.0773. The van der Waals surface area contributed by atoms with Gasteiger partial charge in [-0.2, -0.15) is 0 Å². The minimum absolute atomic E-state index is 0. The lowest BCUT2D eigenvalue weighted by Crippen LogP contribution is -2.45. The number of amides is 1. The Labute approximate surface area is 181 Å². The van der Waals surface area contributed by atoms with Crippen molar-refractivity contribution in [2.45, 2.75) is 19.9 Å². The first-order chi connectivity index (χ1) is 12.7. The number of carbonyl (C=O) groups is 1. The lowest BCUT2D eigenvalue weighted by atomic mass is 9.95. The topological polar surface area (TPSA) is 35.6 Å². The number of benzene rings is 2. The van der Waals surface area contributed by atoms with Crippen LogP contribution in [0.2, 0.25) is 0 Å². The number of hydrogen-bond donors (Lipinski definition) is 1. The summed E-state index contributed by atoms with van der Waals surface area (Å²) in [6.07, 6.45) is 0. The van der Waals surface area contributed by atoms with Crippen LogP contribution < -0.4 is 5.32 Å². The normalized spacial score (nSPS) is 15.1. The molecule has 1 fully saturated rings. The highest BCUT2D eigenvalue weighted by Gasteiger charge is 2.24. The van der Waals surface area contributed by atoms with Gasteiger partial charge in [0.05, 0.1) is 6.04 Å².